The van der Waals surface area contributed by atoms with Gasteiger partial charge in [-0.25, -0.2) is 4.39 Å². The van der Waals surface area contributed by atoms with Crippen molar-refractivity contribution in [3.8, 4) is 0 Å². The average molecular weight is 449 g/mol. The summed E-state index contributed by atoms with van der Waals surface area (Å²) < 4.78 is 30.5. The van der Waals surface area contributed by atoms with Gasteiger partial charge in [0, 0.05) is 17.4 Å². The van der Waals surface area contributed by atoms with Gasteiger partial charge in [0.2, 0.25) is 13.4 Å². The molecule has 2 aliphatic heterocycles. The van der Waals surface area contributed by atoms with E-state index in [-0.39, 0.29) is 51.9 Å². The molecule has 10 heteroatoms. The minimum atomic E-state index is -4.19. The van der Waals surface area contributed by atoms with Crippen molar-refractivity contribution in [1.82, 2.24) is 0 Å². The molecule has 0 spiro atoms. The number of fused-ring (bicyclic) bond motifs is 2. The van der Waals surface area contributed by atoms with E-state index in [2.05, 4.69) is 10.1 Å². The number of Topliss-reactive ketones (excluding diaryl/α,β-unsaturated/α-hetero) is 1. The maximum atomic E-state index is 13.9. The summed E-state index contributed by atoms with van der Waals surface area (Å²) in [4.78, 5) is 38.4. The number of hydrogen-bond donors (Lipinski definition) is 1. The Hall–Kier alpha value is -1.83. The minimum absolute atomic E-state index is 0. The smallest absolute Gasteiger partial charge is 0.438 e. The Bertz CT molecular complexity index is 1170. The number of carbonyl (C=O) groups excluding carboxylic acids is 2. The summed E-state index contributed by atoms with van der Waals surface area (Å²) in [5, 5.41) is 4.32. The van der Waals surface area contributed by atoms with Crippen LogP contribution in [0.5, 0.6) is 0 Å². The van der Waals surface area contributed by atoms with Crippen molar-refractivity contribution in [2.75, 3.05) is 11.4 Å². The number of benzene rings is 2. The van der Waals surface area contributed by atoms with Crippen molar-refractivity contribution in [2.24, 2.45) is 16.6 Å². The molecule has 1 amide bonds. The van der Waals surface area contributed by atoms with Crippen LogP contribution in [-0.2, 0) is 9.36 Å². The summed E-state index contributed by atoms with van der Waals surface area (Å²) >= 11 is 0. The Morgan fingerprint density at radius 2 is 1.94 bits per heavy atom. The van der Waals surface area contributed by atoms with Crippen LogP contribution in [0.15, 0.2) is 47.2 Å². The van der Waals surface area contributed by atoms with E-state index in [4.69, 9.17) is 0 Å². The maximum Gasteiger partial charge on any atom is 1.00 e. The number of rotatable bonds is 4. The molecular weight excluding hydrogens is 431 g/mol. The number of anilines is 1. The molecule has 0 radical (unpaired) electrons. The molecule has 0 aromatic heterocycles. The van der Waals surface area contributed by atoms with E-state index >= 15 is 0 Å². The van der Waals surface area contributed by atoms with Crippen molar-refractivity contribution in [1.29, 1.82) is 0 Å². The molecule has 7 nitrogen and oxygen atoms in total. The molecule has 1 aliphatic carbocycles. The van der Waals surface area contributed by atoms with Gasteiger partial charge in [0.15, 0.2) is 5.78 Å². The predicted molar refractivity (Wildman–Crippen MR) is 110 cm³/mol. The zero-order chi connectivity index (χ0) is 21.0. The summed E-state index contributed by atoms with van der Waals surface area (Å²) in [5.41, 5.74) is 0.607. The second-order valence-electron chi connectivity index (χ2n) is 7.78. The Kier molecular flexibility index (Phi) is 5.96. The predicted octanol–water partition coefficient (Wildman–Crippen LogP) is 0.703. The molecular formula is C21H18FN3NaO4P. The molecule has 0 saturated heterocycles. The van der Waals surface area contributed by atoms with Gasteiger partial charge in [-0.2, -0.15) is 0 Å². The van der Waals surface area contributed by atoms with Crippen LogP contribution >= 0.6 is 7.52 Å². The van der Waals surface area contributed by atoms with Gasteiger partial charge in [-0.1, -0.05) is 36.9 Å². The molecule has 1 N–H and O–H groups in total. The number of hydrogen-bond acceptors (Lipinski definition) is 3. The van der Waals surface area contributed by atoms with Gasteiger partial charge in [0.25, 0.3) is 0 Å². The Morgan fingerprint density at radius 3 is 2.68 bits per heavy atom. The van der Waals surface area contributed by atoms with Crippen molar-refractivity contribution in [3.63, 3.8) is 0 Å². The van der Waals surface area contributed by atoms with E-state index in [9.17, 15) is 23.4 Å². The molecule has 2 unspecified atom stereocenters. The summed E-state index contributed by atoms with van der Waals surface area (Å²) in [6, 6.07) is 9.94. The SMILES string of the molecule is O=C1c2cc(F)ccc2N(CCC2CC2)C(=O)C1C1=NP(=O)(O)c2ccccc2[N-]1.[Na+]. The van der Waals surface area contributed by atoms with Crippen LogP contribution in [0.1, 0.15) is 29.6 Å². The second kappa shape index (κ2) is 8.26. The number of carbonyl (C=O) groups is 2. The fourth-order valence-electron chi connectivity index (χ4n) is 3.93. The Balaban J connectivity index is 0.00000231. The first-order valence-corrected chi connectivity index (χ1v) is 11.4. The largest absolute Gasteiger partial charge is 1.00 e. The van der Waals surface area contributed by atoms with Crippen LogP contribution in [0.25, 0.3) is 5.32 Å². The summed E-state index contributed by atoms with van der Waals surface area (Å²) in [7, 11) is -4.19. The normalized spacial score (nSPS) is 24.5. The average Bonchev–Trinajstić information content (AvgIpc) is 3.52. The van der Waals surface area contributed by atoms with Crippen LogP contribution in [0.4, 0.5) is 15.8 Å². The summed E-state index contributed by atoms with van der Waals surface area (Å²) in [6.07, 6.45) is 2.98. The van der Waals surface area contributed by atoms with Gasteiger partial charge in [0.1, 0.15) is 11.7 Å². The third-order valence-corrected chi connectivity index (χ3v) is 7.16. The third kappa shape index (κ3) is 4.03. The summed E-state index contributed by atoms with van der Waals surface area (Å²) in [6.45, 7) is 0.382. The molecule has 0 bridgehead atoms. The van der Waals surface area contributed by atoms with Gasteiger partial charge in [-0.3, -0.25) is 14.2 Å². The molecule has 1 saturated carbocycles. The van der Waals surface area contributed by atoms with Gasteiger partial charge in [0.05, 0.1) is 5.69 Å². The number of nitrogens with zero attached hydrogens (tertiary/aromatic N) is 3. The zero-order valence-corrected chi connectivity index (χ0v) is 19.8. The van der Waals surface area contributed by atoms with Crippen LogP contribution in [-0.4, -0.2) is 29.0 Å². The fraction of sp³-hybridized carbons (Fsp3) is 0.286. The molecule has 31 heavy (non-hydrogen) atoms. The quantitative estimate of drug-likeness (QED) is 0.422. The van der Waals surface area contributed by atoms with E-state index in [1.807, 2.05) is 0 Å². The number of para-hydroxylation sites is 1. The monoisotopic (exact) mass is 449 g/mol. The van der Waals surface area contributed by atoms with Crippen molar-refractivity contribution < 1.29 is 53.0 Å². The molecule has 3 aliphatic rings. The second-order valence-corrected chi connectivity index (χ2v) is 9.55. The van der Waals surface area contributed by atoms with Crippen LogP contribution in [0.3, 0.4) is 0 Å². The maximum absolute atomic E-state index is 13.9. The topological polar surface area (TPSA) is 101 Å². The molecule has 2 atom stereocenters. The van der Waals surface area contributed by atoms with E-state index in [0.29, 0.717) is 18.2 Å². The van der Waals surface area contributed by atoms with Gasteiger partial charge < -0.3 is 19.9 Å². The number of ketones is 1. The first-order valence-electron chi connectivity index (χ1n) is 9.74. The molecule has 2 heterocycles. The molecule has 2 aromatic carbocycles. The van der Waals surface area contributed by atoms with Gasteiger partial charge >= 0.3 is 29.6 Å². The first-order chi connectivity index (χ1) is 14.3. The number of amidine groups is 1. The van der Waals surface area contributed by atoms with Crippen molar-refractivity contribution in [2.45, 2.75) is 19.3 Å². The zero-order valence-electron chi connectivity index (χ0n) is 16.9. The standard InChI is InChI=1S/C21H18FN3O4P.Na/c22-13-7-8-16-14(11-13)19(26)18(21(27)25(16)10-9-12-5-6-12)20-23-15-3-1-2-4-17(15)30(28,29)24-20;/h1-4,7-8,11-12,18H,5-6,9-10H2,(H-,23,24,28,29);/q-1;+1. The van der Waals surface area contributed by atoms with Gasteiger partial charge in [-0.15, -0.1) is 0 Å². The molecule has 2 aromatic rings. The number of halogens is 1. The van der Waals surface area contributed by atoms with Crippen LogP contribution in [0.2, 0.25) is 0 Å². The van der Waals surface area contributed by atoms with Crippen molar-refractivity contribution >= 4 is 41.7 Å². The molecule has 5 rings (SSSR count). The minimum Gasteiger partial charge on any atom is -0.438 e. The Labute approximate surface area is 200 Å². The fourth-order valence-corrected chi connectivity index (χ4v) is 5.17. The van der Waals surface area contributed by atoms with Crippen molar-refractivity contribution in [3.05, 3.63) is 59.2 Å². The van der Waals surface area contributed by atoms with Crippen LogP contribution in [0, 0.1) is 17.7 Å². The summed E-state index contributed by atoms with van der Waals surface area (Å²) in [5.74, 6) is -3.06. The molecule has 154 valence electrons. The Morgan fingerprint density at radius 1 is 1.19 bits per heavy atom. The molecule has 1 fully saturated rings. The van der Waals surface area contributed by atoms with E-state index in [1.165, 1.54) is 29.2 Å². The van der Waals surface area contributed by atoms with Gasteiger partial charge in [-0.05, 0) is 42.3 Å². The van der Waals surface area contributed by atoms with E-state index in [1.54, 1.807) is 12.1 Å². The third-order valence-electron chi connectivity index (χ3n) is 5.67. The van der Waals surface area contributed by atoms with E-state index in [0.717, 1.165) is 25.3 Å². The first kappa shape index (κ1) is 22.4. The van der Waals surface area contributed by atoms with E-state index < -0.39 is 30.9 Å². The number of amides is 1. The van der Waals surface area contributed by atoms with Crippen LogP contribution < -0.4 is 39.8 Å².